The number of hydrogen-bond acceptors (Lipinski definition) is 4. The SMILES string of the molecule is O=C(NCc1ccc2c(c1)OCO2)[C@H]1C[C@@H](c2ccccc2)CN(C(=O)Nc2ccccc2F)C1. The van der Waals surface area contributed by atoms with E-state index in [0.29, 0.717) is 31.0 Å². The third-order valence-electron chi connectivity index (χ3n) is 6.40. The van der Waals surface area contributed by atoms with E-state index in [1.165, 1.54) is 12.1 Å². The maximum absolute atomic E-state index is 14.1. The Morgan fingerprint density at radius 3 is 2.54 bits per heavy atom. The molecule has 0 radical (unpaired) electrons. The van der Waals surface area contributed by atoms with Crippen LogP contribution in [0.4, 0.5) is 14.9 Å². The second kappa shape index (κ2) is 10.0. The lowest BCUT2D eigenvalue weighted by molar-refractivity contribution is -0.126. The molecule has 2 aliphatic rings. The number of fused-ring (bicyclic) bond motifs is 1. The molecule has 2 N–H and O–H groups in total. The molecule has 5 rings (SSSR count). The molecule has 0 aromatic heterocycles. The Kier molecular flexibility index (Phi) is 6.52. The number of nitrogens with zero attached hydrogens (tertiary/aromatic N) is 1. The average Bonchev–Trinajstić information content (AvgIpc) is 3.37. The van der Waals surface area contributed by atoms with Gasteiger partial charge in [-0.2, -0.15) is 0 Å². The minimum Gasteiger partial charge on any atom is -0.454 e. The summed E-state index contributed by atoms with van der Waals surface area (Å²) in [6, 6.07) is 21.0. The number of urea groups is 1. The molecule has 0 bridgehead atoms. The minimum absolute atomic E-state index is 0.0161. The predicted octanol–water partition coefficient (Wildman–Crippen LogP) is 4.51. The van der Waals surface area contributed by atoms with Gasteiger partial charge in [-0.1, -0.05) is 48.5 Å². The number of ether oxygens (including phenoxy) is 2. The minimum atomic E-state index is -0.504. The van der Waals surface area contributed by atoms with Gasteiger partial charge in [0, 0.05) is 25.6 Å². The molecule has 180 valence electrons. The second-order valence-corrected chi connectivity index (χ2v) is 8.76. The predicted molar refractivity (Wildman–Crippen MR) is 129 cm³/mol. The molecule has 8 heteroatoms. The van der Waals surface area contributed by atoms with Crippen LogP contribution in [0, 0.1) is 11.7 Å². The number of anilines is 1. The van der Waals surface area contributed by atoms with Gasteiger partial charge in [0.1, 0.15) is 5.82 Å². The molecule has 1 saturated heterocycles. The molecule has 7 nitrogen and oxygen atoms in total. The Morgan fingerprint density at radius 1 is 0.943 bits per heavy atom. The molecule has 2 atom stereocenters. The monoisotopic (exact) mass is 475 g/mol. The summed E-state index contributed by atoms with van der Waals surface area (Å²) >= 11 is 0. The highest BCUT2D eigenvalue weighted by Gasteiger charge is 2.34. The Labute approximate surface area is 202 Å². The largest absolute Gasteiger partial charge is 0.454 e. The number of likely N-dealkylation sites (tertiary alicyclic amines) is 1. The summed E-state index contributed by atoms with van der Waals surface area (Å²) < 4.78 is 24.8. The van der Waals surface area contributed by atoms with E-state index >= 15 is 0 Å². The Bertz CT molecular complexity index is 1220. The van der Waals surface area contributed by atoms with Crippen molar-refractivity contribution in [2.75, 3.05) is 25.2 Å². The molecule has 2 aliphatic heterocycles. The Hall–Kier alpha value is -4.07. The number of nitrogens with one attached hydrogen (secondary N) is 2. The number of carbonyl (C=O) groups excluding carboxylic acids is 2. The average molecular weight is 476 g/mol. The zero-order chi connectivity index (χ0) is 24.2. The van der Waals surface area contributed by atoms with Crippen molar-refractivity contribution in [1.29, 1.82) is 0 Å². The lowest BCUT2D eigenvalue weighted by Gasteiger charge is -2.37. The molecule has 0 aliphatic carbocycles. The molecule has 3 aromatic rings. The van der Waals surface area contributed by atoms with E-state index in [1.54, 1.807) is 17.0 Å². The van der Waals surface area contributed by atoms with Crippen molar-refractivity contribution in [2.45, 2.75) is 18.9 Å². The van der Waals surface area contributed by atoms with Crippen LogP contribution in [-0.4, -0.2) is 36.7 Å². The maximum atomic E-state index is 14.1. The van der Waals surface area contributed by atoms with Gasteiger partial charge in [-0.25, -0.2) is 9.18 Å². The topological polar surface area (TPSA) is 79.9 Å². The van der Waals surface area contributed by atoms with Crippen LogP contribution >= 0.6 is 0 Å². The summed E-state index contributed by atoms with van der Waals surface area (Å²) in [6.07, 6.45) is 0.612. The fourth-order valence-electron chi connectivity index (χ4n) is 4.56. The van der Waals surface area contributed by atoms with E-state index < -0.39 is 17.8 Å². The van der Waals surface area contributed by atoms with Gasteiger partial charge in [-0.05, 0) is 41.8 Å². The molecule has 0 unspecified atom stereocenters. The van der Waals surface area contributed by atoms with Crippen LogP contribution in [0.3, 0.4) is 0 Å². The molecule has 3 aromatic carbocycles. The fraction of sp³-hybridized carbons (Fsp3) is 0.259. The van der Waals surface area contributed by atoms with Crippen LogP contribution in [0.15, 0.2) is 72.8 Å². The first-order chi connectivity index (χ1) is 17.1. The van der Waals surface area contributed by atoms with Crippen LogP contribution in [0.1, 0.15) is 23.5 Å². The van der Waals surface area contributed by atoms with Gasteiger partial charge in [-0.3, -0.25) is 4.79 Å². The molecule has 0 saturated carbocycles. The Balaban J connectivity index is 1.29. The summed E-state index contributed by atoms with van der Waals surface area (Å²) in [6.45, 7) is 1.22. The zero-order valence-corrected chi connectivity index (χ0v) is 19.1. The summed E-state index contributed by atoms with van der Waals surface area (Å²) in [4.78, 5) is 27.8. The van der Waals surface area contributed by atoms with E-state index in [1.807, 2.05) is 48.5 Å². The van der Waals surface area contributed by atoms with Crippen molar-refractivity contribution in [2.24, 2.45) is 5.92 Å². The van der Waals surface area contributed by atoms with Crippen LogP contribution in [0.5, 0.6) is 11.5 Å². The summed E-state index contributed by atoms with van der Waals surface area (Å²) in [5, 5.41) is 5.64. The van der Waals surface area contributed by atoms with Crippen molar-refractivity contribution in [3.05, 3.63) is 89.7 Å². The number of halogens is 1. The first kappa shape index (κ1) is 22.7. The van der Waals surface area contributed by atoms with Gasteiger partial charge in [0.15, 0.2) is 11.5 Å². The number of benzene rings is 3. The van der Waals surface area contributed by atoms with Crippen molar-refractivity contribution in [1.82, 2.24) is 10.2 Å². The zero-order valence-electron chi connectivity index (χ0n) is 19.1. The quantitative estimate of drug-likeness (QED) is 0.569. The number of hydrogen-bond donors (Lipinski definition) is 2. The summed E-state index contributed by atoms with van der Waals surface area (Å²) in [5.74, 6) is 0.290. The van der Waals surface area contributed by atoms with E-state index in [0.717, 1.165) is 11.1 Å². The maximum Gasteiger partial charge on any atom is 0.321 e. The highest BCUT2D eigenvalue weighted by molar-refractivity contribution is 5.90. The number of amides is 3. The number of carbonyl (C=O) groups is 2. The second-order valence-electron chi connectivity index (χ2n) is 8.76. The standard InChI is InChI=1S/C27H26FN3O4/c28-22-8-4-5-9-23(22)30-27(33)31-15-20(19-6-2-1-3-7-19)13-21(16-31)26(32)29-14-18-10-11-24-25(12-18)35-17-34-24/h1-12,20-21H,13-17H2,(H,29,32)(H,30,33)/t20-,21+/m1/s1. The van der Waals surface area contributed by atoms with Gasteiger partial charge in [0.05, 0.1) is 11.6 Å². The summed E-state index contributed by atoms with van der Waals surface area (Å²) in [7, 11) is 0. The van der Waals surface area contributed by atoms with Gasteiger partial charge in [0.25, 0.3) is 0 Å². The molecule has 1 fully saturated rings. The fourth-order valence-corrected chi connectivity index (χ4v) is 4.56. The van der Waals surface area contributed by atoms with E-state index in [-0.39, 0.29) is 30.9 Å². The molecule has 2 heterocycles. The van der Waals surface area contributed by atoms with Crippen LogP contribution < -0.4 is 20.1 Å². The van der Waals surface area contributed by atoms with Crippen molar-refractivity contribution < 1.29 is 23.5 Å². The number of rotatable bonds is 5. The smallest absolute Gasteiger partial charge is 0.321 e. The van der Waals surface area contributed by atoms with Crippen LogP contribution in [0.2, 0.25) is 0 Å². The van der Waals surface area contributed by atoms with Gasteiger partial charge in [-0.15, -0.1) is 0 Å². The van der Waals surface area contributed by atoms with E-state index in [9.17, 15) is 14.0 Å². The third kappa shape index (κ3) is 5.21. The van der Waals surface area contributed by atoms with Crippen molar-refractivity contribution in [3.8, 4) is 11.5 Å². The van der Waals surface area contributed by atoms with E-state index in [4.69, 9.17) is 9.47 Å². The summed E-state index contributed by atoms with van der Waals surface area (Å²) in [5.41, 5.74) is 2.07. The van der Waals surface area contributed by atoms with Crippen molar-refractivity contribution >= 4 is 17.6 Å². The van der Waals surface area contributed by atoms with E-state index in [2.05, 4.69) is 10.6 Å². The van der Waals surface area contributed by atoms with Crippen molar-refractivity contribution in [3.63, 3.8) is 0 Å². The number of para-hydroxylation sites is 1. The number of piperidine rings is 1. The molecule has 35 heavy (non-hydrogen) atoms. The normalized spacial score (nSPS) is 18.7. The highest BCUT2D eigenvalue weighted by Crippen LogP contribution is 2.33. The van der Waals surface area contributed by atoms with Gasteiger partial charge < -0.3 is 25.0 Å². The third-order valence-corrected chi connectivity index (χ3v) is 6.40. The van der Waals surface area contributed by atoms with Crippen LogP contribution in [0.25, 0.3) is 0 Å². The first-order valence-electron chi connectivity index (χ1n) is 11.6. The van der Waals surface area contributed by atoms with Crippen LogP contribution in [-0.2, 0) is 11.3 Å². The van der Waals surface area contributed by atoms with Gasteiger partial charge >= 0.3 is 6.03 Å². The first-order valence-corrected chi connectivity index (χ1v) is 11.6. The highest BCUT2D eigenvalue weighted by atomic mass is 19.1. The lowest BCUT2D eigenvalue weighted by Crippen LogP contribution is -2.49. The lowest BCUT2D eigenvalue weighted by atomic mass is 9.84. The molecule has 3 amide bonds. The Morgan fingerprint density at radius 2 is 1.71 bits per heavy atom. The molecular formula is C27H26FN3O4. The van der Waals surface area contributed by atoms with Gasteiger partial charge in [0.2, 0.25) is 12.7 Å². The molecule has 0 spiro atoms. The molecular weight excluding hydrogens is 449 g/mol.